The zero-order chi connectivity index (χ0) is 19.0. The Hall–Kier alpha value is -2.27. The van der Waals surface area contributed by atoms with Gasteiger partial charge in [-0.05, 0) is 39.3 Å². The number of nitrogens with zero attached hydrogens (tertiary/aromatic N) is 1. The van der Waals surface area contributed by atoms with Crippen molar-refractivity contribution < 1.29 is 19.1 Å². The van der Waals surface area contributed by atoms with Crippen LogP contribution in [0.2, 0.25) is 5.02 Å². The van der Waals surface area contributed by atoms with Crippen LogP contribution < -0.4 is 0 Å². The fourth-order valence-electron chi connectivity index (χ4n) is 3.61. The van der Waals surface area contributed by atoms with E-state index in [9.17, 15) is 9.59 Å². The molecule has 0 unspecified atom stereocenters. The van der Waals surface area contributed by atoms with Gasteiger partial charge < -0.3 is 14.4 Å². The molecule has 6 heteroatoms. The molecule has 5 nitrogen and oxygen atoms in total. The van der Waals surface area contributed by atoms with Gasteiger partial charge in [0, 0.05) is 17.3 Å². The van der Waals surface area contributed by atoms with E-state index in [4.69, 9.17) is 21.1 Å². The maximum absolute atomic E-state index is 12.9. The van der Waals surface area contributed by atoms with Crippen LogP contribution in [0.3, 0.4) is 0 Å². The van der Waals surface area contributed by atoms with Gasteiger partial charge >= 0.3 is 11.9 Å². The van der Waals surface area contributed by atoms with E-state index in [1.165, 1.54) is 0 Å². The molecule has 1 aromatic rings. The number of halogens is 1. The third kappa shape index (κ3) is 3.01. The summed E-state index contributed by atoms with van der Waals surface area (Å²) in [6, 6.07) is 7.25. The molecule has 1 atom stereocenters. The van der Waals surface area contributed by atoms with E-state index >= 15 is 0 Å². The first kappa shape index (κ1) is 18.5. The van der Waals surface area contributed by atoms with Crippen molar-refractivity contribution in [3.8, 4) is 0 Å². The average Bonchev–Trinajstić information content (AvgIpc) is 2.95. The van der Waals surface area contributed by atoms with Crippen molar-refractivity contribution in [1.29, 1.82) is 0 Å². The highest BCUT2D eigenvalue weighted by atomic mass is 35.5. The van der Waals surface area contributed by atoms with Gasteiger partial charge in [-0.1, -0.05) is 29.8 Å². The lowest BCUT2D eigenvalue weighted by molar-refractivity contribution is -0.143. The Morgan fingerprint density at radius 1 is 1.38 bits per heavy atom. The summed E-state index contributed by atoms with van der Waals surface area (Å²) in [5.74, 6) is -1.44. The first-order valence-electron chi connectivity index (χ1n) is 8.70. The van der Waals surface area contributed by atoms with E-state index in [0.717, 1.165) is 11.4 Å². The fourth-order valence-corrected chi connectivity index (χ4v) is 3.85. The second-order valence-corrected chi connectivity index (χ2v) is 7.00. The molecule has 0 aromatic heterocycles. The van der Waals surface area contributed by atoms with Gasteiger partial charge in [-0.15, -0.1) is 0 Å². The molecule has 0 radical (unpaired) electrons. The fraction of sp³-hybridized carbons (Fsp3) is 0.400. The minimum absolute atomic E-state index is 0.201. The van der Waals surface area contributed by atoms with Crippen molar-refractivity contribution in [1.82, 2.24) is 4.90 Å². The lowest BCUT2D eigenvalue weighted by Crippen LogP contribution is -2.34. The summed E-state index contributed by atoms with van der Waals surface area (Å²) in [5.41, 5.74) is 3.17. The van der Waals surface area contributed by atoms with Gasteiger partial charge in [0.15, 0.2) is 0 Å². The van der Waals surface area contributed by atoms with Gasteiger partial charge in [-0.25, -0.2) is 9.59 Å². The van der Waals surface area contributed by atoms with Crippen LogP contribution in [0.1, 0.15) is 39.2 Å². The number of ether oxygens (including phenoxy) is 2. The molecule has 1 aromatic carbocycles. The Morgan fingerprint density at radius 2 is 2.08 bits per heavy atom. The molecule has 2 aliphatic rings. The quantitative estimate of drug-likeness (QED) is 0.749. The molecular weight excluding hydrogens is 354 g/mol. The first-order valence-corrected chi connectivity index (χ1v) is 9.08. The van der Waals surface area contributed by atoms with Crippen LogP contribution in [0.4, 0.5) is 0 Å². The number of benzene rings is 1. The van der Waals surface area contributed by atoms with Crippen molar-refractivity contribution in [2.45, 2.75) is 39.7 Å². The highest BCUT2D eigenvalue weighted by Crippen LogP contribution is 2.46. The van der Waals surface area contributed by atoms with Crippen LogP contribution in [0.25, 0.3) is 0 Å². The van der Waals surface area contributed by atoms with Crippen LogP contribution in [0.5, 0.6) is 0 Å². The highest BCUT2D eigenvalue weighted by Gasteiger charge is 2.45. The monoisotopic (exact) mass is 375 g/mol. The molecule has 0 saturated heterocycles. The number of likely N-dealkylation sites (N-methyl/N-ethyl adjacent to an activating group) is 1. The van der Waals surface area contributed by atoms with Crippen LogP contribution >= 0.6 is 11.6 Å². The number of hydrogen-bond donors (Lipinski definition) is 0. The van der Waals surface area contributed by atoms with E-state index in [1.807, 2.05) is 36.9 Å². The largest absolute Gasteiger partial charge is 0.460 e. The average molecular weight is 376 g/mol. The Kier molecular flexibility index (Phi) is 5.10. The number of hydrogen-bond acceptors (Lipinski definition) is 5. The smallest absolute Gasteiger partial charge is 0.337 e. The van der Waals surface area contributed by atoms with Gasteiger partial charge in [0.05, 0.1) is 28.9 Å². The molecule has 0 amide bonds. The predicted octanol–water partition coefficient (Wildman–Crippen LogP) is 3.80. The van der Waals surface area contributed by atoms with E-state index in [2.05, 4.69) is 0 Å². The predicted molar refractivity (Wildman–Crippen MR) is 98.5 cm³/mol. The summed E-state index contributed by atoms with van der Waals surface area (Å²) in [4.78, 5) is 27.4. The zero-order valence-corrected chi connectivity index (χ0v) is 16.1. The molecule has 0 bridgehead atoms. The minimum atomic E-state index is -0.595. The summed E-state index contributed by atoms with van der Waals surface area (Å²) in [7, 11) is 0. The Bertz CT molecular complexity index is 825. The third-order valence-corrected chi connectivity index (χ3v) is 5.01. The molecule has 3 rings (SSSR count). The second-order valence-electron chi connectivity index (χ2n) is 6.59. The van der Waals surface area contributed by atoms with Gasteiger partial charge in [-0.3, -0.25) is 0 Å². The molecule has 26 heavy (non-hydrogen) atoms. The Labute approximate surface area is 158 Å². The molecule has 0 aliphatic carbocycles. The number of allylic oxidation sites excluding steroid dienone is 1. The van der Waals surface area contributed by atoms with E-state index < -0.39 is 17.9 Å². The summed E-state index contributed by atoms with van der Waals surface area (Å²) >= 11 is 6.43. The number of rotatable bonds is 4. The summed E-state index contributed by atoms with van der Waals surface area (Å²) in [6.07, 6.45) is -0.268. The number of esters is 2. The summed E-state index contributed by atoms with van der Waals surface area (Å²) in [6.45, 7) is 8.26. The maximum Gasteiger partial charge on any atom is 0.337 e. The van der Waals surface area contributed by atoms with Crippen molar-refractivity contribution in [3.05, 3.63) is 57.4 Å². The molecule has 0 spiro atoms. The van der Waals surface area contributed by atoms with Crippen LogP contribution in [-0.2, 0) is 19.1 Å². The maximum atomic E-state index is 12.9. The minimum Gasteiger partial charge on any atom is -0.460 e. The van der Waals surface area contributed by atoms with E-state index in [-0.39, 0.29) is 12.7 Å². The SMILES string of the molecule is CCN1C(C)=C(C(=O)OC(C)C)[C@@H](c2ccccc2Cl)C2=C1COC2=O. The number of cyclic esters (lactones) is 1. The van der Waals surface area contributed by atoms with Gasteiger partial charge in [0.2, 0.25) is 0 Å². The summed E-state index contributed by atoms with van der Waals surface area (Å²) in [5, 5.41) is 0.497. The van der Waals surface area contributed by atoms with Crippen LogP contribution in [-0.4, -0.2) is 36.1 Å². The molecule has 138 valence electrons. The molecular formula is C20H22ClNO4. The van der Waals surface area contributed by atoms with E-state index in [1.54, 1.807) is 19.9 Å². The highest BCUT2D eigenvalue weighted by molar-refractivity contribution is 6.31. The molecule has 2 aliphatic heterocycles. The van der Waals surface area contributed by atoms with Gasteiger partial charge in [0.1, 0.15) is 6.61 Å². The second kappa shape index (κ2) is 7.16. The van der Waals surface area contributed by atoms with Crippen molar-refractivity contribution in [2.24, 2.45) is 0 Å². The van der Waals surface area contributed by atoms with Crippen molar-refractivity contribution in [3.63, 3.8) is 0 Å². The third-order valence-electron chi connectivity index (χ3n) is 4.66. The van der Waals surface area contributed by atoms with Crippen molar-refractivity contribution in [2.75, 3.05) is 13.2 Å². The summed E-state index contributed by atoms with van der Waals surface area (Å²) < 4.78 is 10.8. The van der Waals surface area contributed by atoms with Crippen LogP contribution in [0, 0.1) is 0 Å². The molecule has 0 N–H and O–H groups in total. The zero-order valence-electron chi connectivity index (χ0n) is 15.3. The van der Waals surface area contributed by atoms with E-state index in [0.29, 0.717) is 28.3 Å². The van der Waals surface area contributed by atoms with Gasteiger partial charge in [0.25, 0.3) is 0 Å². The standard InChI is InChI=1S/C20H22ClNO4/c1-5-22-12(4)16(20(24)26-11(2)3)17(13-8-6-7-9-14(13)21)18-15(22)10-25-19(18)23/h6-9,11,17H,5,10H2,1-4H3/t17-/m1/s1. The van der Waals surface area contributed by atoms with Gasteiger partial charge in [-0.2, -0.15) is 0 Å². The normalized spacial score (nSPS) is 19.8. The lowest BCUT2D eigenvalue weighted by Gasteiger charge is -2.35. The lowest BCUT2D eigenvalue weighted by atomic mass is 9.80. The Morgan fingerprint density at radius 3 is 2.69 bits per heavy atom. The topological polar surface area (TPSA) is 55.8 Å². The van der Waals surface area contributed by atoms with Crippen LogP contribution in [0.15, 0.2) is 46.8 Å². The molecule has 2 heterocycles. The Balaban J connectivity index is 2.23. The number of carbonyl (C=O) groups excluding carboxylic acids is 2. The first-order chi connectivity index (χ1) is 12.4. The van der Waals surface area contributed by atoms with Crippen molar-refractivity contribution >= 4 is 23.5 Å². The molecule has 0 saturated carbocycles. The molecule has 0 fully saturated rings. The number of carbonyl (C=O) groups is 2.